The Labute approximate surface area is 158 Å². The van der Waals surface area contributed by atoms with Crippen molar-refractivity contribution in [1.29, 1.82) is 0 Å². The standard InChI is InChI=1S/C15H23N5OS.HI/c1-10-11(22-9-20-10)6-18-14(16-5)19-8-13-17-7-12(21-13)15(2,3)4;/h7,9H,6,8H2,1-5H3,(H2,16,18,19);1H. The zero-order chi connectivity index (χ0) is 16.2. The Kier molecular flexibility index (Phi) is 7.46. The summed E-state index contributed by atoms with van der Waals surface area (Å²) in [6, 6.07) is 0. The summed E-state index contributed by atoms with van der Waals surface area (Å²) in [4.78, 5) is 13.9. The van der Waals surface area contributed by atoms with E-state index in [4.69, 9.17) is 4.42 Å². The summed E-state index contributed by atoms with van der Waals surface area (Å²) in [6.07, 6.45) is 1.79. The molecule has 0 aliphatic heterocycles. The molecule has 0 saturated carbocycles. The SMILES string of the molecule is CN=C(NCc1ncc(C(C)(C)C)o1)NCc1scnc1C.I. The highest BCUT2D eigenvalue weighted by molar-refractivity contribution is 14.0. The molecule has 0 atom stereocenters. The van der Waals surface area contributed by atoms with Gasteiger partial charge in [0.1, 0.15) is 5.76 Å². The molecule has 0 saturated heterocycles. The molecule has 0 bridgehead atoms. The highest BCUT2D eigenvalue weighted by Crippen LogP contribution is 2.22. The zero-order valence-electron chi connectivity index (χ0n) is 14.1. The Bertz CT molecular complexity index is 644. The number of oxazole rings is 1. The van der Waals surface area contributed by atoms with Crippen LogP contribution in [0.1, 0.15) is 43.0 Å². The summed E-state index contributed by atoms with van der Waals surface area (Å²) < 4.78 is 5.75. The lowest BCUT2D eigenvalue weighted by atomic mass is 9.94. The highest BCUT2D eigenvalue weighted by Gasteiger charge is 2.19. The highest BCUT2D eigenvalue weighted by atomic mass is 127. The molecule has 0 fully saturated rings. The van der Waals surface area contributed by atoms with Crippen LogP contribution in [-0.2, 0) is 18.5 Å². The van der Waals surface area contributed by atoms with Gasteiger partial charge in [0.15, 0.2) is 5.96 Å². The summed E-state index contributed by atoms with van der Waals surface area (Å²) >= 11 is 1.64. The zero-order valence-corrected chi connectivity index (χ0v) is 17.3. The summed E-state index contributed by atoms with van der Waals surface area (Å²) in [7, 11) is 1.74. The normalized spacial score (nSPS) is 12.0. The van der Waals surface area contributed by atoms with Gasteiger partial charge in [-0.1, -0.05) is 20.8 Å². The molecule has 0 spiro atoms. The van der Waals surface area contributed by atoms with Gasteiger partial charge in [-0.15, -0.1) is 35.3 Å². The van der Waals surface area contributed by atoms with Crippen molar-refractivity contribution in [2.75, 3.05) is 7.05 Å². The van der Waals surface area contributed by atoms with Crippen molar-refractivity contribution in [3.8, 4) is 0 Å². The van der Waals surface area contributed by atoms with Crippen molar-refractivity contribution in [3.63, 3.8) is 0 Å². The minimum atomic E-state index is -0.0329. The number of aromatic nitrogens is 2. The predicted octanol–water partition coefficient (Wildman–Crippen LogP) is 3.22. The van der Waals surface area contributed by atoms with E-state index < -0.39 is 0 Å². The molecule has 2 rings (SSSR count). The Hall–Kier alpha value is -1.16. The van der Waals surface area contributed by atoms with Crippen LogP contribution in [0.5, 0.6) is 0 Å². The number of guanidine groups is 1. The molecular formula is C15H24IN5OS. The Morgan fingerprint density at radius 3 is 2.48 bits per heavy atom. The van der Waals surface area contributed by atoms with Gasteiger partial charge in [0, 0.05) is 17.3 Å². The Morgan fingerprint density at radius 2 is 1.96 bits per heavy atom. The fraction of sp³-hybridized carbons (Fsp3) is 0.533. The smallest absolute Gasteiger partial charge is 0.213 e. The van der Waals surface area contributed by atoms with Gasteiger partial charge in [0.2, 0.25) is 5.89 Å². The summed E-state index contributed by atoms with van der Waals surface area (Å²) in [5.41, 5.74) is 2.87. The minimum absolute atomic E-state index is 0. The number of aryl methyl sites for hydroxylation is 1. The average molecular weight is 449 g/mol. The quantitative estimate of drug-likeness (QED) is 0.426. The summed E-state index contributed by atoms with van der Waals surface area (Å²) in [6.45, 7) is 9.50. The Balaban J connectivity index is 0.00000264. The van der Waals surface area contributed by atoms with Crippen molar-refractivity contribution in [3.05, 3.63) is 33.9 Å². The number of rotatable bonds is 4. The van der Waals surface area contributed by atoms with Crippen LogP contribution in [0.25, 0.3) is 0 Å². The molecule has 0 aliphatic carbocycles. The largest absolute Gasteiger partial charge is 0.443 e. The first kappa shape index (κ1) is 19.9. The van der Waals surface area contributed by atoms with E-state index in [9.17, 15) is 0 Å². The van der Waals surface area contributed by atoms with Crippen LogP contribution in [0.3, 0.4) is 0 Å². The first-order chi connectivity index (χ1) is 10.4. The van der Waals surface area contributed by atoms with Crippen LogP contribution in [-0.4, -0.2) is 23.0 Å². The second-order valence-corrected chi connectivity index (χ2v) is 6.95. The first-order valence-electron chi connectivity index (χ1n) is 7.19. The van der Waals surface area contributed by atoms with Gasteiger partial charge in [0.05, 0.1) is 30.5 Å². The van der Waals surface area contributed by atoms with E-state index in [-0.39, 0.29) is 29.4 Å². The monoisotopic (exact) mass is 449 g/mol. The van der Waals surface area contributed by atoms with Gasteiger partial charge < -0.3 is 15.1 Å². The Morgan fingerprint density at radius 1 is 1.26 bits per heavy atom. The molecule has 0 aliphatic rings. The summed E-state index contributed by atoms with van der Waals surface area (Å²) in [5.74, 6) is 2.25. The van der Waals surface area contributed by atoms with Gasteiger partial charge in [-0.05, 0) is 6.92 Å². The van der Waals surface area contributed by atoms with Crippen LogP contribution >= 0.6 is 35.3 Å². The second-order valence-electron chi connectivity index (χ2n) is 6.01. The summed E-state index contributed by atoms with van der Waals surface area (Å²) in [5, 5.41) is 6.46. The molecule has 2 N–H and O–H groups in total. The molecule has 0 aromatic carbocycles. The maximum Gasteiger partial charge on any atom is 0.213 e. The fourth-order valence-electron chi connectivity index (χ4n) is 1.78. The van der Waals surface area contributed by atoms with E-state index in [0.29, 0.717) is 24.9 Å². The molecule has 2 heterocycles. The van der Waals surface area contributed by atoms with E-state index in [0.717, 1.165) is 11.5 Å². The van der Waals surface area contributed by atoms with Crippen molar-refractivity contribution in [2.45, 2.75) is 46.2 Å². The molecule has 0 amide bonds. The molecule has 2 aromatic heterocycles. The van der Waals surface area contributed by atoms with Crippen molar-refractivity contribution in [1.82, 2.24) is 20.6 Å². The van der Waals surface area contributed by atoms with Gasteiger partial charge in [0.25, 0.3) is 0 Å². The maximum atomic E-state index is 5.75. The average Bonchev–Trinajstić information content (AvgIpc) is 3.08. The first-order valence-corrected chi connectivity index (χ1v) is 8.07. The van der Waals surface area contributed by atoms with Crippen LogP contribution in [0.2, 0.25) is 0 Å². The molecule has 0 unspecified atom stereocenters. The number of hydrogen-bond donors (Lipinski definition) is 2. The number of aliphatic imine (C=N–C) groups is 1. The molecular weight excluding hydrogens is 425 g/mol. The second kappa shape index (κ2) is 8.62. The van der Waals surface area contributed by atoms with Crippen LogP contribution in [0.15, 0.2) is 21.1 Å². The molecule has 23 heavy (non-hydrogen) atoms. The predicted molar refractivity (Wildman–Crippen MR) is 105 cm³/mol. The van der Waals surface area contributed by atoms with E-state index in [1.165, 1.54) is 4.88 Å². The number of halogens is 1. The van der Waals surface area contributed by atoms with E-state index >= 15 is 0 Å². The van der Waals surface area contributed by atoms with Gasteiger partial charge in [-0.3, -0.25) is 4.99 Å². The van der Waals surface area contributed by atoms with Crippen LogP contribution in [0.4, 0.5) is 0 Å². The van der Waals surface area contributed by atoms with E-state index in [1.807, 2.05) is 12.4 Å². The molecule has 6 nitrogen and oxygen atoms in total. The van der Waals surface area contributed by atoms with Gasteiger partial charge in [-0.2, -0.15) is 0 Å². The number of thiazole rings is 1. The topological polar surface area (TPSA) is 75.3 Å². The van der Waals surface area contributed by atoms with E-state index in [2.05, 4.69) is 46.4 Å². The number of hydrogen-bond acceptors (Lipinski definition) is 5. The van der Waals surface area contributed by atoms with E-state index in [1.54, 1.807) is 24.6 Å². The lowest BCUT2D eigenvalue weighted by Gasteiger charge is -2.13. The minimum Gasteiger partial charge on any atom is -0.443 e. The molecule has 128 valence electrons. The number of nitrogens with one attached hydrogen (secondary N) is 2. The third-order valence-corrected chi connectivity index (χ3v) is 4.12. The lowest BCUT2D eigenvalue weighted by Crippen LogP contribution is -2.36. The van der Waals surface area contributed by atoms with Crippen molar-refractivity contribution >= 4 is 41.3 Å². The van der Waals surface area contributed by atoms with Gasteiger partial charge in [-0.25, -0.2) is 9.97 Å². The maximum absolute atomic E-state index is 5.75. The van der Waals surface area contributed by atoms with Gasteiger partial charge >= 0.3 is 0 Å². The fourth-order valence-corrected chi connectivity index (χ4v) is 2.50. The third-order valence-electron chi connectivity index (χ3n) is 3.18. The molecule has 8 heteroatoms. The lowest BCUT2D eigenvalue weighted by molar-refractivity contribution is 0.379. The van der Waals surface area contributed by atoms with Crippen LogP contribution < -0.4 is 10.6 Å². The molecule has 0 radical (unpaired) electrons. The molecule has 2 aromatic rings. The number of nitrogens with zero attached hydrogens (tertiary/aromatic N) is 3. The van der Waals surface area contributed by atoms with Crippen LogP contribution in [0, 0.1) is 6.92 Å². The van der Waals surface area contributed by atoms with Crippen molar-refractivity contribution < 1.29 is 4.42 Å². The third kappa shape index (κ3) is 5.76. The van der Waals surface area contributed by atoms with Crippen molar-refractivity contribution in [2.24, 2.45) is 4.99 Å².